The molecule has 1 aromatic carbocycles. The van der Waals surface area contributed by atoms with E-state index in [0.717, 1.165) is 31.3 Å². The van der Waals surface area contributed by atoms with Crippen LogP contribution in [-0.4, -0.2) is 23.1 Å². The van der Waals surface area contributed by atoms with Crippen LogP contribution in [-0.2, 0) is 14.3 Å². The highest BCUT2D eigenvalue weighted by atomic mass is 35.5. The summed E-state index contributed by atoms with van der Waals surface area (Å²) < 4.78 is 6.20. The lowest BCUT2D eigenvalue weighted by Crippen LogP contribution is -2.58. The minimum atomic E-state index is -1.13. The van der Waals surface area contributed by atoms with E-state index in [1.807, 2.05) is 24.3 Å². The number of esters is 1. The van der Waals surface area contributed by atoms with E-state index in [9.17, 15) is 14.4 Å². The summed E-state index contributed by atoms with van der Waals surface area (Å²) in [6, 6.07) is 8.94. The Balaban J connectivity index is 1.39. The summed E-state index contributed by atoms with van der Waals surface area (Å²) in [4.78, 5) is 38.9. The van der Waals surface area contributed by atoms with Gasteiger partial charge < -0.3 is 4.74 Å². The van der Waals surface area contributed by atoms with Crippen molar-refractivity contribution >= 4 is 29.1 Å². The minimum Gasteiger partial charge on any atom is -0.447 e. The highest BCUT2D eigenvalue weighted by molar-refractivity contribution is 6.32. The summed E-state index contributed by atoms with van der Waals surface area (Å²) in [5, 5.41) is 0.702. The van der Waals surface area contributed by atoms with Crippen molar-refractivity contribution in [2.45, 2.75) is 58.5 Å². The standard InChI is InChI=1S/C29H31ClO4/c1-16(31)29(34-26(33)17-7-5-4-6-8-17)12-10-20-18-14-24(30)23-15-25(32)19-13-22(19)28(23,3)21(18)9-11-27(20,29)2/h4-8,14-15,18-22H,9-13H2,1-3H3/t18-,19?,20-,21-,22?,27-,28-,29-/m0/s1. The Morgan fingerprint density at radius 2 is 1.74 bits per heavy atom. The number of ether oxygens (including phenoxy) is 1. The van der Waals surface area contributed by atoms with Crippen LogP contribution in [0.1, 0.15) is 63.2 Å². The van der Waals surface area contributed by atoms with Gasteiger partial charge in [-0.05, 0) is 86.5 Å². The Hall–Kier alpha value is -2.20. The number of allylic oxidation sites excluding steroid dienone is 4. The molecule has 6 rings (SSSR count). The average molecular weight is 479 g/mol. The van der Waals surface area contributed by atoms with E-state index in [2.05, 4.69) is 19.9 Å². The van der Waals surface area contributed by atoms with Crippen LogP contribution < -0.4 is 0 Å². The normalized spacial score (nSPS) is 44.0. The first-order valence-electron chi connectivity index (χ1n) is 12.6. The molecule has 1 aromatic rings. The predicted octanol–water partition coefficient (Wildman–Crippen LogP) is 5.90. The third kappa shape index (κ3) is 2.69. The van der Waals surface area contributed by atoms with Crippen molar-refractivity contribution in [1.82, 2.24) is 0 Å². The second-order valence-corrected chi connectivity index (χ2v) is 12.0. The number of hydrogen-bond acceptors (Lipinski definition) is 4. The van der Waals surface area contributed by atoms with E-state index >= 15 is 0 Å². The molecule has 0 bridgehead atoms. The molecule has 0 aliphatic heterocycles. The first kappa shape index (κ1) is 22.3. The molecule has 178 valence electrons. The molecule has 5 aliphatic carbocycles. The number of fused-ring (bicyclic) bond motifs is 7. The Morgan fingerprint density at radius 1 is 1.03 bits per heavy atom. The van der Waals surface area contributed by atoms with Crippen LogP contribution in [0.2, 0.25) is 0 Å². The molecule has 3 saturated carbocycles. The smallest absolute Gasteiger partial charge is 0.339 e. The van der Waals surface area contributed by atoms with E-state index in [4.69, 9.17) is 16.3 Å². The number of carbonyl (C=O) groups excluding carboxylic acids is 3. The molecular weight excluding hydrogens is 448 g/mol. The van der Waals surface area contributed by atoms with E-state index in [0.29, 0.717) is 28.9 Å². The number of halogens is 1. The molecule has 2 unspecified atom stereocenters. The van der Waals surface area contributed by atoms with Gasteiger partial charge in [0.1, 0.15) is 0 Å². The number of hydrogen-bond donors (Lipinski definition) is 0. The van der Waals surface area contributed by atoms with Gasteiger partial charge in [0.25, 0.3) is 0 Å². The maximum absolute atomic E-state index is 13.2. The minimum absolute atomic E-state index is 0.0663. The number of carbonyl (C=O) groups is 3. The van der Waals surface area contributed by atoms with E-state index in [1.54, 1.807) is 19.1 Å². The summed E-state index contributed by atoms with van der Waals surface area (Å²) in [5.74, 6) is 1.04. The van der Waals surface area contributed by atoms with Crippen molar-refractivity contribution in [2.75, 3.05) is 0 Å². The Morgan fingerprint density at radius 3 is 2.44 bits per heavy atom. The van der Waals surface area contributed by atoms with Gasteiger partial charge >= 0.3 is 5.97 Å². The quantitative estimate of drug-likeness (QED) is 0.507. The summed E-state index contributed by atoms with van der Waals surface area (Å²) in [6.45, 7) is 6.04. The second kappa shape index (κ2) is 7.16. The summed E-state index contributed by atoms with van der Waals surface area (Å²) in [7, 11) is 0. The summed E-state index contributed by atoms with van der Waals surface area (Å²) >= 11 is 6.87. The Bertz CT molecular complexity index is 1170. The van der Waals surface area contributed by atoms with Crippen LogP contribution in [0.25, 0.3) is 0 Å². The summed E-state index contributed by atoms with van der Waals surface area (Å²) in [5.41, 5.74) is -0.188. The highest BCUT2D eigenvalue weighted by Crippen LogP contribution is 2.72. The van der Waals surface area contributed by atoms with Crippen molar-refractivity contribution in [3.05, 3.63) is 58.7 Å². The largest absolute Gasteiger partial charge is 0.447 e. The van der Waals surface area contributed by atoms with Gasteiger partial charge in [-0.25, -0.2) is 4.79 Å². The Labute approximate surface area is 205 Å². The maximum atomic E-state index is 13.2. The maximum Gasteiger partial charge on any atom is 0.339 e. The summed E-state index contributed by atoms with van der Waals surface area (Å²) in [6.07, 6.45) is 8.04. The molecule has 0 N–H and O–H groups in total. The van der Waals surface area contributed by atoms with E-state index in [1.165, 1.54) is 0 Å². The van der Waals surface area contributed by atoms with Gasteiger partial charge in [-0.15, -0.1) is 0 Å². The fourth-order valence-electron chi connectivity index (χ4n) is 8.57. The van der Waals surface area contributed by atoms with Crippen LogP contribution in [0.3, 0.4) is 0 Å². The van der Waals surface area contributed by atoms with Gasteiger partial charge in [-0.2, -0.15) is 0 Å². The highest BCUT2D eigenvalue weighted by Gasteiger charge is 2.70. The molecule has 0 amide bonds. The van der Waals surface area contributed by atoms with Gasteiger partial charge in [0.15, 0.2) is 17.2 Å². The molecule has 0 saturated heterocycles. The number of Topliss-reactive ketones (excluding diaryl/α,β-unsaturated/α-hetero) is 1. The number of rotatable bonds is 3. The fraction of sp³-hybridized carbons (Fsp3) is 0.552. The molecule has 4 nitrogen and oxygen atoms in total. The van der Waals surface area contributed by atoms with Gasteiger partial charge in [0.2, 0.25) is 0 Å². The van der Waals surface area contributed by atoms with E-state index in [-0.39, 0.29) is 34.7 Å². The molecule has 0 radical (unpaired) electrons. The van der Waals surface area contributed by atoms with Crippen molar-refractivity contribution in [3.63, 3.8) is 0 Å². The van der Waals surface area contributed by atoms with Crippen LogP contribution in [0.4, 0.5) is 0 Å². The number of benzene rings is 1. The van der Waals surface area contributed by atoms with Crippen molar-refractivity contribution in [2.24, 2.45) is 40.4 Å². The van der Waals surface area contributed by atoms with Gasteiger partial charge in [-0.1, -0.05) is 49.7 Å². The molecule has 0 spiro atoms. The van der Waals surface area contributed by atoms with Crippen molar-refractivity contribution in [3.8, 4) is 0 Å². The molecule has 5 heteroatoms. The first-order valence-corrected chi connectivity index (χ1v) is 12.9. The molecule has 0 aromatic heterocycles. The lowest BCUT2D eigenvalue weighted by molar-refractivity contribution is -0.158. The number of ketones is 2. The molecular formula is C29H31ClO4. The lowest BCUT2D eigenvalue weighted by atomic mass is 9.47. The first-order chi connectivity index (χ1) is 16.1. The van der Waals surface area contributed by atoms with Gasteiger partial charge in [-0.3, -0.25) is 9.59 Å². The lowest BCUT2D eigenvalue weighted by Gasteiger charge is -2.57. The zero-order valence-corrected chi connectivity index (χ0v) is 20.7. The zero-order valence-electron chi connectivity index (χ0n) is 20.0. The topological polar surface area (TPSA) is 60.4 Å². The third-order valence-electron chi connectivity index (χ3n) is 10.5. The van der Waals surface area contributed by atoms with Gasteiger partial charge in [0, 0.05) is 21.8 Å². The zero-order chi connectivity index (χ0) is 24.0. The third-order valence-corrected chi connectivity index (χ3v) is 10.8. The predicted molar refractivity (Wildman–Crippen MR) is 129 cm³/mol. The molecule has 8 atom stereocenters. The molecule has 34 heavy (non-hydrogen) atoms. The van der Waals surface area contributed by atoms with Crippen molar-refractivity contribution < 1.29 is 19.1 Å². The van der Waals surface area contributed by atoms with Gasteiger partial charge in [0.05, 0.1) is 5.56 Å². The Kier molecular flexibility index (Phi) is 4.69. The molecule has 3 fully saturated rings. The van der Waals surface area contributed by atoms with Crippen LogP contribution in [0.15, 0.2) is 53.1 Å². The monoisotopic (exact) mass is 478 g/mol. The molecule has 5 aliphatic rings. The van der Waals surface area contributed by atoms with Crippen molar-refractivity contribution in [1.29, 1.82) is 0 Å². The second-order valence-electron chi connectivity index (χ2n) is 11.6. The van der Waals surface area contributed by atoms with E-state index < -0.39 is 17.0 Å². The SMILES string of the molecule is CC(=O)[C@@]1(OC(=O)c2ccccc2)CC[C@H]2[C@@H]3C=C(Cl)C4=CC(=O)C5CC5[C@]4(C)[C@H]3CC[C@@]21C. The fourth-order valence-corrected chi connectivity index (χ4v) is 8.98. The van der Waals surface area contributed by atoms with Crippen LogP contribution in [0.5, 0.6) is 0 Å². The molecule has 0 heterocycles. The van der Waals surface area contributed by atoms with Crippen LogP contribution >= 0.6 is 11.6 Å². The average Bonchev–Trinajstić information content (AvgIpc) is 3.57. The van der Waals surface area contributed by atoms with Crippen LogP contribution in [0, 0.1) is 40.4 Å².